The van der Waals surface area contributed by atoms with E-state index < -0.39 is 0 Å². The van der Waals surface area contributed by atoms with Gasteiger partial charge in [0.05, 0.1) is 0 Å². The number of hydrogen-bond donors (Lipinski definition) is 3. The molecule has 20 heavy (non-hydrogen) atoms. The lowest BCUT2D eigenvalue weighted by Gasteiger charge is -2.18. The number of benzene rings is 1. The maximum atomic E-state index is 11.5. The number of rotatable bonds is 6. The zero-order chi connectivity index (χ0) is 14.2. The number of carbonyl (C=O) groups is 1. The maximum Gasteiger partial charge on any atom is 0.314 e. The van der Waals surface area contributed by atoms with Crippen molar-refractivity contribution < 1.29 is 9.90 Å². The van der Waals surface area contributed by atoms with Crippen LogP contribution in [0, 0.1) is 5.92 Å². The average Bonchev–Trinajstić information content (AvgIpc) is 2.95. The topological polar surface area (TPSA) is 64.6 Å². The van der Waals surface area contributed by atoms with Crippen LogP contribution in [0.1, 0.15) is 12.8 Å². The minimum atomic E-state index is -0.142. The fourth-order valence-electron chi connectivity index (χ4n) is 2.45. The Bertz CT molecular complexity index is 411. The Labute approximate surface area is 120 Å². The third-order valence-electron chi connectivity index (χ3n) is 3.58. The molecular weight excluding hydrogens is 254 g/mol. The summed E-state index contributed by atoms with van der Waals surface area (Å²) in [5, 5.41) is 14.3. The van der Waals surface area contributed by atoms with Crippen LogP contribution < -0.4 is 15.5 Å². The molecule has 0 radical (unpaired) electrons. The molecule has 1 aliphatic rings. The predicted octanol–water partition coefficient (Wildman–Crippen LogP) is 1.19. The van der Waals surface area contributed by atoms with Crippen molar-refractivity contribution in [3.63, 3.8) is 0 Å². The second kappa shape index (κ2) is 7.75. The van der Waals surface area contributed by atoms with Crippen molar-refractivity contribution in [3.8, 4) is 0 Å². The van der Waals surface area contributed by atoms with E-state index in [0.29, 0.717) is 25.4 Å². The highest BCUT2D eigenvalue weighted by molar-refractivity contribution is 5.73. The summed E-state index contributed by atoms with van der Waals surface area (Å²) in [7, 11) is 0. The van der Waals surface area contributed by atoms with Gasteiger partial charge in [-0.15, -0.1) is 0 Å². The third kappa shape index (κ3) is 4.42. The molecule has 1 unspecified atom stereocenters. The lowest BCUT2D eigenvalue weighted by atomic mass is 10.1. The largest absolute Gasteiger partial charge is 0.396 e. The van der Waals surface area contributed by atoms with Crippen LogP contribution in [-0.2, 0) is 0 Å². The minimum absolute atomic E-state index is 0.106. The highest BCUT2D eigenvalue weighted by atomic mass is 16.3. The summed E-state index contributed by atoms with van der Waals surface area (Å²) in [5.74, 6) is 0.499. The first-order valence-electron chi connectivity index (χ1n) is 7.22. The zero-order valence-corrected chi connectivity index (χ0v) is 11.7. The van der Waals surface area contributed by atoms with Crippen LogP contribution in [0.3, 0.4) is 0 Å². The molecule has 5 heteroatoms. The molecule has 0 bridgehead atoms. The molecule has 1 aliphatic heterocycles. The van der Waals surface area contributed by atoms with E-state index in [9.17, 15) is 4.79 Å². The van der Waals surface area contributed by atoms with Crippen molar-refractivity contribution in [2.45, 2.75) is 12.8 Å². The Balaban J connectivity index is 1.67. The Hall–Kier alpha value is -1.75. The zero-order valence-electron chi connectivity index (χ0n) is 11.7. The van der Waals surface area contributed by atoms with Crippen molar-refractivity contribution >= 4 is 11.7 Å². The lowest BCUT2D eigenvalue weighted by molar-refractivity contribution is 0.236. The monoisotopic (exact) mass is 277 g/mol. The first kappa shape index (κ1) is 14.7. The summed E-state index contributed by atoms with van der Waals surface area (Å²) in [6.45, 7) is 3.36. The normalized spacial score (nSPS) is 18.1. The third-order valence-corrected chi connectivity index (χ3v) is 3.58. The molecule has 0 aromatic heterocycles. The minimum Gasteiger partial charge on any atom is -0.396 e. The SMILES string of the molecule is O=C(NCCCO)NCC1CCN(c2ccccc2)C1. The van der Waals surface area contributed by atoms with Crippen molar-refractivity contribution in [2.75, 3.05) is 37.7 Å². The van der Waals surface area contributed by atoms with Gasteiger partial charge >= 0.3 is 6.03 Å². The molecule has 0 spiro atoms. The van der Waals surface area contributed by atoms with Gasteiger partial charge < -0.3 is 20.6 Å². The van der Waals surface area contributed by atoms with Gasteiger partial charge in [0.25, 0.3) is 0 Å². The van der Waals surface area contributed by atoms with Gasteiger partial charge in [-0.3, -0.25) is 0 Å². The number of hydrogen-bond acceptors (Lipinski definition) is 3. The van der Waals surface area contributed by atoms with E-state index in [1.807, 2.05) is 6.07 Å². The van der Waals surface area contributed by atoms with E-state index in [1.54, 1.807) is 0 Å². The molecule has 1 atom stereocenters. The molecule has 2 rings (SSSR count). The number of nitrogens with zero attached hydrogens (tertiary/aromatic N) is 1. The number of para-hydroxylation sites is 1. The summed E-state index contributed by atoms with van der Waals surface area (Å²) >= 11 is 0. The highest BCUT2D eigenvalue weighted by Gasteiger charge is 2.22. The fourth-order valence-corrected chi connectivity index (χ4v) is 2.45. The maximum absolute atomic E-state index is 11.5. The second-order valence-electron chi connectivity index (χ2n) is 5.15. The molecule has 3 N–H and O–H groups in total. The summed E-state index contributed by atoms with van der Waals surface area (Å²) in [6.07, 6.45) is 1.70. The number of aliphatic hydroxyl groups is 1. The first-order chi connectivity index (χ1) is 9.79. The van der Waals surface area contributed by atoms with E-state index in [2.05, 4.69) is 39.8 Å². The van der Waals surface area contributed by atoms with E-state index >= 15 is 0 Å². The predicted molar refractivity (Wildman–Crippen MR) is 79.9 cm³/mol. The number of amides is 2. The van der Waals surface area contributed by atoms with E-state index in [-0.39, 0.29) is 12.6 Å². The van der Waals surface area contributed by atoms with Gasteiger partial charge in [-0.25, -0.2) is 4.79 Å². The standard InChI is InChI=1S/C15H23N3O2/c19-10-4-8-16-15(20)17-11-13-7-9-18(12-13)14-5-2-1-3-6-14/h1-3,5-6,13,19H,4,7-12H2,(H2,16,17,20). The van der Waals surface area contributed by atoms with Gasteiger partial charge in [0, 0.05) is 38.5 Å². The molecule has 110 valence electrons. The van der Waals surface area contributed by atoms with Crippen molar-refractivity contribution in [1.82, 2.24) is 10.6 Å². The van der Waals surface area contributed by atoms with E-state index in [4.69, 9.17) is 5.11 Å². The van der Waals surface area contributed by atoms with Crippen LogP contribution in [-0.4, -0.2) is 43.9 Å². The number of aliphatic hydroxyl groups excluding tert-OH is 1. The number of nitrogens with one attached hydrogen (secondary N) is 2. The van der Waals surface area contributed by atoms with Crippen LogP contribution in [0.15, 0.2) is 30.3 Å². The summed E-state index contributed by atoms with van der Waals surface area (Å²) in [6, 6.07) is 10.2. The first-order valence-corrected chi connectivity index (χ1v) is 7.22. The Kier molecular flexibility index (Phi) is 5.68. The molecule has 1 aromatic carbocycles. The van der Waals surface area contributed by atoms with E-state index in [1.165, 1.54) is 5.69 Å². The van der Waals surface area contributed by atoms with Gasteiger partial charge in [-0.05, 0) is 30.9 Å². The number of carbonyl (C=O) groups excluding carboxylic acids is 1. The van der Waals surface area contributed by atoms with E-state index in [0.717, 1.165) is 19.5 Å². The number of anilines is 1. The van der Waals surface area contributed by atoms with Gasteiger partial charge in [0.15, 0.2) is 0 Å². The fraction of sp³-hybridized carbons (Fsp3) is 0.533. The summed E-state index contributed by atoms with van der Waals surface area (Å²) in [5.41, 5.74) is 1.25. The Morgan fingerprint density at radius 3 is 2.85 bits per heavy atom. The van der Waals surface area contributed by atoms with Crippen LogP contribution in [0.25, 0.3) is 0 Å². The molecular formula is C15H23N3O2. The van der Waals surface area contributed by atoms with Crippen molar-refractivity contribution in [1.29, 1.82) is 0 Å². The summed E-state index contributed by atoms with van der Waals surface area (Å²) in [4.78, 5) is 13.9. The molecule has 0 aliphatic carbocycles. The molecule has 1 fully saturated rings. The van der Waals surface area contributed by atoms with Crippen LogP contribution in [0.4, 0.5) is 10.5 Å². The average molecular weight is 277 g/mol. The molecule has 1 heterocycles. The van der Waals surface area contributed by atoms with Gasteiger partial charge in [-0.1, -0.05) is 18.2 Å². The van der Waals surface area contributed by atoms with Crippen LogP contribution in [0.2, 0.25) is 0 Å². The second-order valence-corrected chi connectivity index (χ2v) is 5.15. The molecule has 0 saturated carbocycles. The van der Waals surface area contributed by atoms with Crippen molar-refractivity contribution in [3.05, 3.63) is 30.3 Å². The summed E-state index contributed by atoms with van der Waals surface area (Å²) < 4.78 is 0. The number of urea groups is 1. The quantitative estimate of drug-likeness (QED) is 0.685. The smallest absolute Gasteiger partial charge is 0.314 e. The molecule has 1 aromatic rings. The lowest BCUT2D eigenvalue weighted by Crippen LogP contribution is -2.39. The molecule has 2 amide bonds. The van der Waals surface area contributed by atoms with Crippen molar-refractivity contribution in [2.24, 2.45) is 5.92 Å². The Morgan fingerprint density at radius 2 is 2.10 bits per heavy atom. The Morgan fingerprint density at radius 1 is 1.30 bits per heavy atom. The molecule has 1 saturated heterocycles. The van der Waals surface area contributed by atoms with Gasteiger partial charge in [0.1, 0.15) is 0 Å². The highest BCUT2D eigenvalue weighted by Crippen LogP contribution is 2.22. The van der Waals surface area contributed by atoms with Crippen LogP contribution >= 0.6 is 0 Å². The molecule has 5 nitrogen and oxygen atoms in total. The van der Waals surface area contributed by atoms with Gasteiger partial charge in [-0.2, -0.15) is 0 Å². The van der Waals surface area contributed by atoms with Crippen LogP contribution in [0.5, 0.6) is 0 Å². The van der Waals surface area contributed by atoms with Gasteiger partial charge in [0.2, 0.25) is 0 Å².